The summed E-state index contributed by atoms with van der Waals surface area (Å²) in [5.41, 5.74) is 0.339. The van der Waals surface area contributed by atoms with E-state index in [1.54, 1.807) is 7.11 Å². The van der Waals surface area contributed by atoms with E-state index in [9.17, 15) is 13.2 Å². The summed E-state index contributed by atoms with van der Waals surface area (Å²) in [4.78, 5) is 11.0. The van der Waals surface area contributed by atoms with Gasteiger partial charge in [0, 0.05) is 26.8 Å². The van der Waals surface area contributed by atoms with E-state index < -0.39 is 16.0 Å². The molecule has 0 aliphatic carbocycles. The lowest BCUT2D eigenvalue weighted by atomic mass is 10.2. The number of unbranched alkanes of at least 4 members (excludes halogenated alkanes) is 1. The monoisotopic (exact) mass is 344 g/mol. The molecule has 1 aromatic rings. The van der Waals surface area contributed by atoms with E-state index in [1.165, 1.54) is 18.2 Å². The van der Waals surface area contributed by atoms with Crippen LogP contribution >= 0.6 is 0 Å². The smallest absolute Gasteiger partial charge is 0.335 e. The number of hydrogen-bond donors (Lipinski definition) is 3. The van der Waals surface area contributed by atoms with Gasteiger partial charge in [-0.05, 0) is 31.0 Å². The second-order valence-corrected chi connectivity index (χ2v) is 6.78. The van der Waals surface area contributed by atoms with Gasteiger partial charge >= 0.3 is 5.97 Å². The summed E-state index contributed by atoms with van der Waals surface area (Å²) in [5.74, 6) is -1.17. The molecule has 3 N–H and O–H groups in total. The topological polar surface area (TPSA) is 105 Å². The molecule has 0 heterocycles. The van der Waals surface area contributed by atoms with Crippen molar-refractivity contribution in [2.45, 2.75) is 31.1 Å². The molecule has 0 spiro atoms. The van der Waals surface area contributed by atoms with E-state index in [1.807, 2.05) is 6.92 Å². The fraction of sp³-hybridized carbons (Fsp3) is 0.533. The van der Waals surface area contributed by atoms with Crippen molar-refractivity contribution in [3.63, 3.8) is 0 Å². The fourth-order valence-electron chi connectivity index (χ4n) is 1.92. The molecule has 0 amide bonds. The third kappa shape index (κ3) is 6.17. The molecular weight excluding hydrogens is 320 g/mol. The first kappa shape index (κ1) is 19.4. The summed E-state index contributed by atoms with van der Waals surface area (Å²) in [6, 6.07) is 4.05. The fourth-order valence-corrected chi connectivity index (χ4v) is 3.20. The number of methoxy groups -OCH3 is 1. The van der Waals surface area contributed by atoms with Crippen molar-refractivity contribution in [2.75, 3.05) is 32.1 Å². The Morgan fingerprint density at radius 3 is 2.61 bits per heavy atom. The molecule has 0 aromatic heterocycles. The molecule has 1 aromatic carbocycles. The third-order valence-electron chi connectivity index (χ3n) is 3.18. The summed E-state index contributed by atoms with van der Waals surface area (Å²) in [6.07, 6.45) is 2.39. The van der Waals surface area contributed by atoms with Gasteiger partial charge in [0.2, 0.25) is 10.0 Å². The molecule has 1 rings (SSSR count). The Hall–Kier alpha value is -1.64. The van der Waals surface area contributed by atoms with E-state index in [0.717, 1.165) is 12.8 Å². The molecule has 0 saturated heterocycles. The molecule has 0 unspecified atom stereocenters. The molecule has 23 heavy (non-hydrogen) atoms. The van der Waals surface area contributed by atoms with Crippen molar-refractivity contribution in [3.05, 3.63) is 23.8 Å². The van der Waals surface area contributed by atoms with Crippen molar-refractivity contribution in [3.8, 4) is 0 Å². The van der Waals surface area contributed by atoms with Crippen LogP contribution in [-0.4, -0.2) is 46.3 Å². The maximum Gasteiger partial charge on any atom is 0.335 e. The standard InChI is InChI=1S/C15H24N2O5S/c1-3-4-8-16-13-7-6-12(15(18)19)11-14(13)23(20,21)17-9-5-10-22-2/h6-7,11,16-17H,3-5,8-10H2,1-2H3,(H,18,19). The Kier molecular flexibility index (Phi) is 8.01. The molecule has 0 aliphatic rings. The highest BCUT2D eigenvalue weighted by Gasteiger charge is 2.20. The minimum absolute atomic E-state index is 0.0501. The van der Waals surface area contributed by atoms with Gasteiger partial charge in [-0.3, -0.25) is 0 Å². The van der Waals surface area contributed by atoms with Crippen LogP contribution in [0.25, 0.3) is 0 Å². The second-order valence-electron chi connectivity index (χ2n) is 5.04. The van der Waals surface area contributed by atoms with Gasteiger partial charge in [-0.15, -0.1) is 0 Å². The van der Waals surface area contributed by atoms with Crippen molar-refractivity contribution in [1.82, 2.24) is 4.72 Å². The molecular formula is C15H24N2O5S. The van der Waals surface area contributed by atoms with Crippen LogP contribution in [-0.2, 0) is 14.8 Å². The Bertz CT molecular complexity index is 616. The van der Waals surface area contributed by atoms with E-state index in [2.05, 4.69) is 10.0 Å². The van der Waals surface area contributed by atoms with E-state index >= 15 is 0 Å². The highest BCUT2D eigenvalue weighted by molar-refractivity contribution is 7.89. The normalized spacial score (nSPS) is 11.4. The van der Waals surface area contributed by atoms with Crippen LogP contribution in [0.5, 0.6) is 0 Å². The Balaban J connectivity index is 3.02. The van der Waals surface area contributed by atoms with E-state index in [4.69, 9.17) is 9.84 Å². The van der Waals surface area contributed by atoms with Crippen molar-refractivity contribution < 1.29 is 23.1 Å². The molecule has 130 valence electrons. The number of benzene rings is 1. The Morgan fingerprint density at radius 2 is 2.00 bits per heavy atom. The predicted molar refractivity (Wildman–Crippen MR) is 88.5 cm³/mol. The molecule has 0 bridgehead atoms. The van der Waals surface area contributed by atoms with Gasteiger partial charge in [-0.25, -0.2) is 17.9 Å². The first-order valence-electron chi connectivity index (χ1n) is 7.52. The number of carboxylic acid groups (broad SMARTS) is 1. The summed E-state index contributed by atoms with van der Waals surface area (Å²) < 4.78 is 32.2. The zero-order chi connectivity index (χ0) is 17.3. The van der Waals surface area contributed by atoms with Crippen LogP contribution in [0.4, 0.5) is 5.69 Å². The number of rotatable bonds is 11. The van der Waals surface area contributed by atoms with Crippen LogP contribution in [0.2, 0.25) is 0 Å². The highest BCUT2D eigenvalue weighted by Crippen LogP contribution is 2.23. The van der Waals surface area contributed by atoms with Gasteiger partial charge < -0.3 is 15.2 Å². The van der Waals surface area contributed by atoms with Crippen LogP contribution < -0.4 is 10.0 Å². The first-order valence-corrected chi connectivity index (χ1v) is 9.00. The summed E-state index contributed by atoms with van der Waals surface area (Å²) >= 11 is 0. The van der Waals surface area contributed by atoms with Gasteiger partial charge in [0.1, 0.15) is 4.90 Å². The summed E-state index contributed by atoms with van der Waals surface area (Å²) in [6.45, 7) is 3.32. The molecule has 0 aliphatic heterocycles. The van der Waals surface area contributed by atoms with Crippen LogP contribution in [0, 0.1) is 0 Å². The Morgan fingerprint density at radius 1 is 1.26 bits per heavy atom. The van der Waals surface area contributed by atoms with E-state index in [0.29, 0.717) is 25.3 Å². The minimum Gasteiger partial charge on any atom is -0.478 e. The van der Waals surface area contributed by atoms with Gasteiger partial charge in [-0.1, -0.05) is 13.3 Å². The third-order valence-corrected chi connectivity index (χ3v) is 4.68. The first-order chi connectivity index (χ1) is 10.9. The second kappa shape index (κ2) is 9.49. The van der Waals surface area contributed by atoms with Crippen LogP contribution in [0.15, 0.2) is 23.1 Å². The van der Waals surface area contributed by atoms with Gasteiger partial charge in [0.05, 0.1) is 11.3 Å². The van der Waals surface area contributed by atoms with Gasteiger partial charge in [0.25, 0.3) is 0 Å². The van der Waals surface area contributed by atoms with E-state index in [-0.39, 0.29) is 17.0 Å². The molecule has 0 fully saturated rings. The summed E-state index contributed by atoms with van der Waals surface area (Å²) in [7, 11) is -2.25. The lowest BCUT2D eigenvalue weighted by molar-refractivity contribution is 0.0696. The molecule has 7 nitrogen and oxygen atoms in total. The highest BCUT2D eigenvalue weighted by atomic mass is 32.2. The zero-order valence-corrected chi connectivity index (χ0v) is 14.3. The number of aromatic carboxylic acids is 1. The predicted octanol–water partition coefficient (Wildman–Crippen LogP) is 1.91. The van der Waals surface area contributed by atoms with Crippen molar-refractivity contribution in [1.29, 1.82) is 0 Å². The number of sulfonamides is 1. The molecule has 8 heteroatoms. The quantitative estimate of drug-likeness (QED) is 0.530. The largest absolute Gasteiger partial charge is 0.478 e. The number of nitrogens with one attached hydrogen (secondary N) is 2. The lowest BCUT2D eigenvalue weighted by Crippen LogP contribution is -2.26. The molecule has 0 saturated carbocycles. The van der Waals surface area contributed by atoms with Crippen molar-refractivity contribution >= 4 is 21.7 Å². The maximum absolute atomic E-state index is 12.4. The lowest BCUT2D eigenvalue weighted by Gasteiger charge is -2.14. The number of anilines is 1. The minimum atomic E-state index is -3.80. The summed E-state index contributed by atoms with van der Waals surface area (Å²) in [5, 5.41) is 12.1. The maximum atomic E-state index is 12.4. The number of ether oxygens (including phenoxy) is 1. The number of carboxylic acids is 1. The molecule has 0 atom stereocenters. The number of hydrogen-bond acceptors (Lipinski definition) is 5. The zero-order valence-electron chi connectivity index (χ0n) is 13.5. The Labute approximate surface area is 137 Å². The van der Waals surface area contributed by atoms with Crippen LogP contribution in [0.1, 0.15) is 36.5 Å². The number of carbonyl (C=O) groups is 1. The van der Waals surface area contributed by atoms with Crippen molar-refractivity contribution in [2.24, 2.45) is 0 Å². The average Bonchev–Trinajstić information content (AvgIpc) is 2.52. The van der Waals surface area contributed by atoms with Gasteiger partial charge in [0.15, 0.2) is 0 Å². The average molecular weight is 344 g/mol. The molecule has 0 radical (unpaired) electrons. The SMILES string of the molecule is CCCCNc1ccc(C(=O)O)cc1S(=O)(=O)NCCCOC. The van der Waals surface area contributed by atoms with Gasteiger partial charge in [-0.2, -0.15) is 0 Å². The van der Waals surface area contributed by atoms with Crippen LogP contribution in [0.3, 0.4) is 0 Å².